The van der Waals surface area contributed by atoms with E-state index in [9.17, 15) is 8.42 Å². The minimum absolute atomic E-state index is 0.163. The van der Waals surface area contributed by atoms with Crippen molar-refractivity contribution in [3.05, 3.63) is 27.7 Å². The maximum atomic E-state index is 12.3. The number of nitrogens with zero attached hydrogens (tertiary/aromatic N) is 1. The van der Waals surface area contributed by atoms with Crippen LogP contribution in [0.1, 0.15) is 20.3 Å². The first-order valence-electron chi connectivity index (χ1n) is 6.74. The smallest absolute Gasteiger partial charge is 0.240 e. The number of hydrogen-bond donors (Lipinski definition) is 1. The van der Waals surface area contributed by atoms with E-state index in [2.05, 4.69) is 34.5 Å². The number of sulfonamides is 1. The second kappa shape index (κ2) is 7.92. The molecule has 4 nitrogen and oxygen atoms in total. The predicted molar refractivity (Wildman–Crippen MR) is 91.3 cm³/mol. The molecule has 1 N–H and O–H groups in total. The summed E-state index contributed by atoms with van der Waals surface area (Å²) in [4.78, 5) is 2.25. The van der Waals surface area contributed by atoms with Crippen molar-refractivity contribution in [1.29, 1.82) is 0 Å². The van der Waals surface area contributed by atoms with E-state index in [4.69, 9.17) is 11.6 Å². The normalized spacial score (nSPS) is 13.9. The number of nitrogens with one attached hydrogen (secondary N) is 1. The molecule has 0 aliphatic rings. The van der Waals surface area contributed by atoms with Gasteiger partial charge in [-0.2, -0.15) is 0 Å². The number of hydrogen-bond acceptors (Lipinski definition) is 3. The van der Waals surface area contributed by atoms with E-state index in [0.717, 1.165) is 6.42 Å². The molecular weight excluding hydrogens is 376 g/mol. The highest BCUT2D eigenvalue weighted by Crippen LogP contribution is 2.25. The Labute approximate surface area is 141 Å². The fourth-order valence-electron chi connectivity index (χ4n) is 1.95. The summed E-state index contributed by atoms with van der Waals surface area (Å²) in [6.45, 7) is 4.64. The van der Waals surface area contributed by atoms with Gasteiger partial charge >= 0.3 is 0 Å². The topological polar surface area (TPSA) is 49.4 Å². The van der Waals surface area contributed by atoms with E-state index in [0.29, 0.717) is 22.0 Å². The van der Waals surface area contributed by atoms with Crippen LogP contribution in [-0.2, 0) is 10.0 Å². The summed E-state index contributed by atoms with van der Waals surface area (Å²) >= 11 is 9.13. The molecule has 0 saturated heterocycles. The highest BCUT2D eigenvalue weighted by atomic mass is 79.9. The van der Waals surface area contributed by atoms with Gasteiger partial charge < -0.3 is 4.90 Å². The highest BCUT2D eigenvalue weighted by molar-refractivity contribution is 9.10. The Hall–Kier alpha value is -0.140. The van der Waals surface area contributed by atoms with Gasteiger partial charge in [0, 0.05) is 17.1 Å². The van der Waals surface area contributed by atoms with Crippen LogP contribution in [0.4, 0.5) is 0 Å². The third-order valence-electron chi connectivity index (χ3n) is 3.18. The fourth-order valence-corrected chi connectivity index (χ4v) is 3.70. The lowest BCUT2D eigenvalue weighted by Gasteiger charge is -2.26. The molecule has 0 aromatic heterocycles. The first-order valence-corrected chi connectivity index (χ1v) is 9.40. The lowest BCUT2D eigenvalue weighted by molar-refractivity contribution is 0.255. The number of rotatable bonds is 7. The molecule has 0 fully saturated rings. The minimum Gasteiger partial charge on any atom is -0.305 e. The van der Waals surface area contributed by atoms with Gasteiger partial charge in [0.2, 0.25) is 10.0 Å². The standard InChI is InChI=1S/C14H22BrClN2O2S/c1-10(2)7-11(18(3)4)9-17-21(19,20)12-5-6-14(16)13(15)8-12/h5-6,8,10-11,17H,7,9H2,1-4H3. The van der Waals surface area contributed by atoms with Gasteiger partial charge in [-0.25, -0.2) is 13.1 Å². The molecular formula is C14H22BrClN2O2S. The van der Waals surface area contributed by atoms with Crippen molar-refractivity contribution in [2.45, 2.75) is 31.2 Å². The van der Waals surface area contributed by atoms with Crippen LogP contribution in [-0.4, -0.2) is 40.0 Å². The van der Waals surface area contributed by atoms with E-state index in [1.54, 1.807) is 6.07 Å². The molecule has 1 unspecified atom stereocenters. The van der Waals surface area contributed by atoms with Gasteiger partial charge in [0.15, 0.2) is 0 Å². The summed E-state index contributed by atoms with van der Waals surface area (Å²) in [6, 6.07) is 4.74. The Bertz CT molecular complexity index is 576. The monoisotopic (exact) mass is 396 g/mol. The maximum Gasteiger partial charge on any atom is 0.240 e. The van der Waals surface area contributed by atoms with Crippen LogP contribution in [0, 0.1) is 5.92 Å². The van der Waals surface area contributed by atoms with Crippen LogP contribution < -0.4 is 4.72 Å². The minimum atomic E-state index is -3.53. The molecule has 0 aliphatic carbocycles. The Balaban J connectivity index is 2.82. The molecule has 0 radical (unpaired) electrons. The van der Waals surface area contributed by atoms with Crippen LogP contribution in [0.15, 0.2) is 27.6 Å². The average Bonchev–Trinajstić information content (AvgIpc) is 2.37. The molecule has 0 aliphatic heterocycles. The van der Waals surface area contributed by atoms with Crippen LogP contribution >= 0.6 is 27.5 Å². The quantitative estimate of drug-likeness (QED) is 0.767. The molecule has 1 aromatic rings. The molecule has 7 heteroatoms. The van der Waals surface area contributed by atoms with E-state index in [1.807, 2.05) is 19.0 Å². The van der Waals surface area contributed by atoms with Gasteiger partial charge in [0.1, 0.15) is 0 Å². The Morgan fingerprint density at radius 2 is 1.95 bits per heavy atom. The lowest BCUT2D eigenvalue weighted by Crippen LogP contribution is -2.41. The van der Waals surface area contributed by atoms with E-state index in [-0.39, 0.29) is 10.9 Å². The molecule has 0 amide bonds. The zero-order valence-electron chi connectivity index (χ0n) is 12.7. The van der Waals surface area contributed by atoms with Crippen LogP contribution in [0.3, 0.4) is 0 Å². The number of likely N-dealkylation sites (N-methyl/N-ethyl adjacent to an activating group) is 1. The molecule has 0 spiro atoms. The van der Waals surface area contributed by atoms with Gasteiger partial charge in [-0.3, -0.25) is 0 Å². The Kier molecular flexibility index (Phi) is 7.13. The van der Waals surface area contributed by atoms with E-state index >= 15 is 0 Å². The zero-order valence-corrected chi connectivity index (χ0v) is 15.9. The van der Waals surface area contributed by atoms with Gasteiger partial charge in [-0.15, -0.1) is 0 Å². The van der Waals surface area contributed by atoms with Crippen LogP contribution in [0.5, 0.6) is 0 Å². The summed E-state index contributed by atoms with van der Waals surface area (Å²) in [7, 11) is 0.388. The lowest BCUT2D eigenvalue weighted by atomic mass is 10.0. The third-order valence-corrected chi connectivity index (χ3v) is 5.82. The van der Waals surface area contributed by atoms with Crippen LogP contribution in [0.25, 0.3) is 0 Å². The highest BCUT2D eigenvalue weighted by Gasteiger charge is 2.19. The molecule has 1 rings (SSSR count). The van der Waals surface area contributed by atoms with E-state index in [1.165, 1.54) is 12.1 Å². The molecule has 0 saturated carbocycles. The fraction of sp³-hybridized carbons (Fsp3) is 0.571. The van der Waals surface area contributed by atoms with Gasteiger partial charge in [-0.05, 0) is 60.6 Å². The van der Waals surface area contributed by atoms with Crippen molar-refractivity contribution in [2.24, 2.45) is 5.92 Å². The molecule has 0 bridgehead atoms. The van der Waals surface area contributed by atoms with Crippen molar-refractivity contribution >= 4 is 37.6 Å². The zero-order chi connectivity index (χ0) is 16.2. The van der Waals surface area contributed by atoms with Crippen molar-refractivity contribution in [3.63, 3.8) is 0 Å². The largest absolute Gasteiger partial charge is 0.305 e. The van der Waals surface area contributed by atoms with Crippen LogP contribution in [0.2, 0.25) is 5.02 Å². The van der Waals surface area contributed by atoms with Crippen molar-refractivity contribution < 1.29 is 8.42 Å². The second-order valence-electron chi connectivity index (χ2n) is 5.67. The number of benzene rings is 1. The average molecular weight is 398 g/mol. The Morgan fingerprint density at radius 3 is 2.43 bits per heavy atom. The Morgan fingerprint density at radius 1 is 1.33 bits per heavy atom. The number of halogens is 2. The molecule has 1 aromatic carbocycles. The summed E-state index contributed by atoms with van der Waals surface area (Å²) in [5.41, 5.74) is 0. The van der Waals surface area contributed by atoms with Gasteiger partial charge in [0.05, 0.1) is 9.92 Å². The summed E-state index contributed by atoms with van der Waals surface area (Å²) in [5, 5.41) is 0.486. The first-order chi connectivity index (χ1) is 9.63. The second-order valence-corrected chi connectivity index (χ2v) is 8.70. The van der Waals surface area contributed by atoms with Gasteiger partial charge in [0.25, 0.3) is 0 Å². The SMILES string of the molecule is CC(C)CC(CNS(=O)(=O)c1ccc(Cl)c(Br)c1)N(C)C. The van der Waals surface area contributed by atoms with Crippen molar-refractivity contribution in [2.75, 3.05) is 20.6 Å². The maximum absolute atomic E-state index is 12.3. The summed E-state index contributed by atoms with van der Waals surface area (Å²) in [6.07, 6.45) is 0.930. The van der Waals surface area contributed by atoms with Gasteiger partial charge in [-0.1, -0.05) is 25.4 Å². The van der Waals surface area contributed by atoms with E-state index < -0.39 is 10.0 Å². The molecule has 120 valence electrons. The third kappa shape index (κ3) is 5.87. The first kappa shape index (κ1) is 18.9. The molecule has 21 heavy (non-hydrogen) atoms. The molecule has 1 atom stereocenters. The van der Waals surface area contributed by atoms with Crippen molar-refractivity contribution in [1.82, 2.24) is 9.62 Å². The summed E-state index contributed by atoms with van der Waals surface area (Å²) in [5.74, 6) is 0.506. The predicted octanol–water partition coefficient (Wildman–Crippen LogP) is 3.36. The van der Waals surface area contributed by atoms with Crippen molar-refractivity contribution in [3.8, 4) is 0 Å². The molecule has 0 heterocycles. The summed E-state index contributed by atoms with van der Waals surface area (Å²) < 4.78 is 27.9.